The standard InChI is InChI=1S/C60H34O2/c1-3-17-39-35(14-1)16-13-27-44(39)56-48-24-10-8-22-46(48)55(47-23-9-11-25-49(47)56)38-28-30-43-52-33-37(29-31-53(52)61-54(43)34-38)51-32-36-15-2-4-18-40(36)57-58-45-21-7-5-19-41(45)42-20-6-12-26-50(42)59(58)62-60(51)57/h1-34H. The first-order valence-electron chi connectivity index (χ1n) is 21.3. The molecule has 0 spiro atoms. The van der Waals surface area contributed by atoms with Crippen molar-refractivity contribution in [3.05, 3.63) is 206 Å². The van der Waals surface area contributed by atoms with Gasteiger partial charge in [-0.15, -0.1) is 0 Å². The van der Waals surface area contributed by atoms with Gasteiger partial charge in [0.25, 0.3) is 0 Å². The predicted molar refractivity (Wildman–Crippen MR) is 262 cm³/mol. The van der Waals surface area contributed by atoms with Gasteiger partial charge < -0.3 is 8.83 Å². The van der Waals surface area contributed by atoms with Crippen molar-refractivity contribution in [2.45, 2.75) is 0 Å². The van der Waals surface area contributed by atoms with Gasteiger partial charge >= 0.3 is 0 Å². The van der Waals surface area contributed by atoms with Crippen molar-refractivity contribution < 1.29 is 8.83 Å². The van der Waals surface area contributed by atoms with Crippen molar-refractivity contribution in [1.82, 2.24) is 0 Å². The summed E-state index contributed by atoms with van der Waals surface area (Å²) < 4.78 is 13.9. The number of hydrogen-bond acceptors (Lipinski definition) is 2. The van der Waals surface area contributed by atoms with Gasteiger partial charge in [-0.2, -0.15) is 0 Å². The van der Waals surface area contributed by atoms with E-state index < -0.39 is 0 Å². The van der Waals surface area contributed by atoms with Crippen LogP contribution >= 0.6 is 0 Å². The highest BCUT2D eigenvalue weighted by Gasteiger charge is 2.23. The fraction of sp³-hybridized carbons (Fsp3) is 0. The second-order valence-electron chi connectivity index (χ2n) is 16.6. The van der Waals surface area contributed by atoms with Crippen LogP contribution in [0.1, 0.15) is 0 Å². The Balaban J connectivity index is 0.988. The number of hydrogen-bond donors (Lipinski definition) is 0. The van der Waals surface area contributed by atoms with Gasteiger partial charge in [-0.05, 0) is 117 Å². The van der Waals surface area contributed by atoms with Crippen LogP contribution in [0.5, 0.6) is 0 Å². The van der Waals surface area contributed by atoms with E-state index in [0.29, 0.717) is 0 Å². The van der Waals surface area contributed by atoms with Crippen LogP contribution in [0.15, 0.2) is 215 Å². The van der Waals surface area contributed by atoms with E-state index in [1.165, 1.54) is 81.3 Å². The lowest BCUT2D eigenvalue weighted by Crippen LogP contribution is -1.91. The number of furan rings is 2. The molecular formula is C60H34O2. The van der Waals surface area contributed by atoms with Crippen molar-refractivity contribution in [2.24, 2.45) is 0 Å². The highest BCUT2D eigenvalue weighted by atomic mass is 16.3. The fourth-order valence-electron chi connectivity index (χ4n) is 10.7. The number of fused-ring (bicyclic) bond motifs is 16. The Bertz CT molecular complexity index is 4160. The molecule has 2 aromatic heterocycles. The first kappa shape index (κ1) is 33.6. The van der Waals surface area contributed by atoms with Crippen LogP contribution in [0.4, 0.5) is 0 Å². The molecule has 14 aromatic rings. The summed E-state index contributed by atoms with van der Waals surface area (Å²) in [7, 11) is 0. The minimum Gasteiger partial charge on any atom is -0.456 e. The highest BCUT2D eigenvalue weighted by molar-refractivity contribution is 6.35. The average Bonchev–Trinajstić information content (AvgIpc) is 3.92. The molecule has 0 amide bonds. The van der Waals surface area contributed by atoms with Gasteiger partial charge in [-0.25, -0.2) is 0 Å². The zero-order chi connectivity index (χ0) is 40.5. The minimum absolute atomic E-state index is 0.862. The van der Waals surface area contributed by atoms with Gasteiger partial charge in [-0.3, -0.25) is 0 Å². The van der Waals surface area contributed by atoms with Crippen LogP contribution in [-0.4, -0.2) is 0 Å². The Labute approximate surface area is 355 Å². The first-order valence-corrected chi connectivity index (χ1v) is 21.3. The van der Waals surface area contributed by atoms with Gasteiger partial charge in [0.15, 0.2) is 0 Å². The molecule has 0 atom stereocenters. The molecule has 0 bridgehead atoms. The molecule has 0 unspecified atom stereocenters. The second kappa shape index (κ2) is 12.7. The molecule has 2 heterocycles. The Morgan fingerprint density at radius 3 is 1.53 bits per heavy atom. The third kappa shape index (κ3) is 4.64. The first-order chi connectivity index (χ1) is 30.8. The summed E-state index contributed by atoms with van der Waals surface area (Å²) in [6.07, 6.45) is 0. The van der Waals surface area contributed by atoms with Crippen LogP contribution in [0.25, 0.3) is 142 Å². The summed E-state index contributed by atoms with van der Waals surface area (Å²) in [5.41, 5.74) is 10.6. The van der Waals surface area contributed by atoms with Gasteiger partial charge in [0.05, 0.1) is 0 Å². The summed E-state index contributed by atoms with van der Waals surface area (Å²) in [5, 5.41) is 19.1. The van der Waals surface area contributed by atoms with E-state index in [4.69, 9.17) is 8.83 Å². The molecule has 0 aliphatic heterocycles. The zero-order valence-corrected chi connectivity index (χ0v) is 33.4. The maximum absolute atomic E-state index is 7.12. The fourth-order valence-corrected chi connectivity index (χ4v) is 10.7. The number of benzene rings is 12. The summed E-state index contributed by atoms with van der Waals surface area (Å²) in [5.74, 6) is 0. The molecule has 0 saturated heterocycles. The molecule has 0 N–H and O–H groups in total. The maximum Gasteiger partial charge on any atom is 0.143 e. The van der Waals surface area contributed by atoms with Gasteiger partial charge in [0, 0.05) is 32.5 Å². The summed E-state index contributed by atoms with van der Waals surface area (Å²) in [6.45, 7) is 0. The van der Waals surface area contributed by atoms with Crippen LogP contribution in [0.2, 0.25) is 0 Å². The Morgan fingerprint density at radius 2 is 0.790 bits per heavy atom. The minimum atomic E-state index is 0.862. The van der Waals surface area contributed by atoms with Crippen molar-refractivity contribution in [2.75, 3.05) is 0 Å². The molecule has 0 radical (unpaired) electrons. The monoisotopic (exact) mass is 786 g/mol. The van der Waals surface area contributed by atoms with E-state index >= 15 is 0 Å². The average molecular weight is 787 g/mol. The summed E-state index contributed by atoms with van der Waals surface area (Å²) >= 11 is 0. The molecule has 0 fully saturated rings. The lowest BCUT2D eigenvalue weighted by Gasteiger charge is -2.18. The molecule has 2 heteroatoms. The molecule has 62 heavy (non-hydrogen) atoms. The topological polar surface area (TPSA) is 26.3 Å². The SMILES string of the molecule is c1ccc2c(-c3c4ccccc4c(-c4ccc5c(c4)oc4ccc(-c6cc7ccccc7c7c6oc6c8ccccc8c8ccccc8c67)cc45)c4ccccc34)cccc2c1. The van der Waals surface area contributed by atoms with E-state index in [0.717, 1.165) is 60.6 Å². The molecule has 0 aliphatic rings. The van der Waals surface area contributed by atoms with E-state index in [1.807, 2.05) is 0 Å². The number of rotatable bonds is 3. The van der Waals surface area contributed by atoms with Crippen molar-refractivity contribution in [3.63, 3.8) is 0 Å². The normalized spacial score (nSPS) is 12.2. The predicted octanol–water partition coefficient (Wildman–Crippen LogP) is 17.4. The van der Waals surface area contributed by atoms with Crippen LogP contribution in [0.3, 0.4) is 0 Å². The van der Waals surface area contributed by atoms with E-state index in [-0.39, 0.29) is 0 Å². The zero-order valence-electron chi connectivity index (χ0n) is 33.4. The molecule has 12 aromatic carbocycles. The maximum atomic E-state index is 7.12. The smallest absolute Gasteiger partial charge is 0.143 e. The van der Waals surface area contributed by atoms with Crippen molar-refractivity contribution >= 4 is 109 Å². The largest absolute Gasteiger partial charge is 0.456 e. The van der Waals surface area contributed by atoms with E-state index in [1.54, 1.807) is 0 Å². The lowest BCUT2D eigenvalue weighted by atomic mass is 9.84. The molecule has 0 saturated carbocycles. The molecule has 14 rings (SSSR count). The van der Waals surface area contributed by atoms with Crippen LogP contribution in [0, 0.1) is 0 Å². The van der Waals surface area contributed by atoms with Crippen LogP contribution in [-0.2, 0) is 0 Å². The van der Waals surface area contributed by atoms with Crippen molar-refractivity contribution in [1.29, 1.82) is 0 Å². The summed E-state index contributed by atoms with van der Waals surface area (Å²) in [4.78, 5) is 0. The van der Waals surface area contributed by atoms with Crippen LogP contribution < -0.4 is 0 Å². The molecule has 286 valence electrons. The van der Waals surface area contributed by atoms with Crippen molar-refractivity contribution in [3.8, 4) is 33.4 Å². The third-order valence-electron chi connectivity index (χ3n) is 13.4. The van der Waals surface area contributed by atoms with Gasteiger partial charge in [-0.1, -0.05) is 176 Å². The Morgan fingerprint density at radius 1 is 0.242 bits per heavy atom. The molecule has 2 nitrogen and oxygen atoms in total. The van der Waals surface area contributed by atoms with E-state index in [2.05, 4.69) is 206 Å². The van der Waals surface area contributed by atoms with E-state index in [9.17, 15) is 0 Å². The Hall–Kier alpha value is -8.20. The van der Waals surface area contributed by atoms with Gasteiger partial charge in [0.2, 0.25) is 0 Å². The Kier molecular flexibility index (Phi) is 6.86. The van der Waals surface area contributed by atoms with Gasteiger partial charge in [0.1, 0.15) is 22.3 Å². The second-order valence-corrected chi connectivity index (χ2v) is 16.6. The third-order valence-corrected chi connectivity index (χ3v) is 13.4. The highest BCUT2D eigenvalue weighted by Crippen LogP contribution is 2.49. The summed E-state index contributed by atoms with van der Waals surface area (Å²) in [6, 6.07) is 74.8. The quantitative estimate of drug-likeness (QED) is 0.132. The molecular weight excluding hydrogens is 753 g/mol. The molecule has 0 aliphatic carbocycles. The lowest BCUT2D eigenvalue weighted by molar-refractivity contribution is 0.669.